The molecule has 0 radical (unpaired) electrons. The molecule has 0 aliphatic carbocycles. The molecule has 0 aliphatic rings. The third-order valence-electron chi connectivity index (χ3n) is 3.34. The summed E-state index contributed by atoms with van der Waals surface area (Å²) < 4.78 is 5.74. The molecule has 0 aromatic heterocycles. The van der Waals surface area contributed by atoms with Crippen LogP contribution in [-0.4, -0.2) is 6.61 Å². The summed E-state index contributed by atoms with van der Waals surface area (Å²) in [6.07, 6.45) is 0.893. The van der Waals surface area contributed by atoms with Crippen LogP contribution in [0.15, 0.2) is 12.1 Å². The van der Waals surface area contributed by atoms with Gasteiger partial charge >= 0.3 is 0 Å². The van der Waals surface area contributed by atoms with Crippen molar-refractivity contribution in [2.75, 3.05) is 6.61 Å². The first-order valence-corrected chi connectivity index (χ1v) is 7.30. The molecule has 0 saturated carbocycles. The van der Waals surface area contributed by atoms with Crippen molar-refractivity contribution in [3.8, 4) is 17.6 Å². The lowest BCUT2D eigenvalue weighted by Crippen LogP contribution is -2.07. The van der Waals surface area contributed by atoms with Crippen LogP contribution in [0.1, 0.15) is 51.2 Å². The third kappa shape index (κ3) is 4.18. The normalized spacial score (nSPS) is 13.4. The zero-order valence-electron chi connectivity index (χ0n) is 12.5. The van der Waals surface area contributed by atoms with Crippen LogP contribution in [0.3, 0.4) is 0 Å². The second kappa shape index (κ2) is 7.46. The molecular weight excluding hydrogens is 256 g/mol. The van der Waals surface area contributed by atoms with Crippen LogP contribution in [0.2, 0.25) is 5.02 Å². The second-order valence-electron chi connectivity index (χ2n) is 4.82. The van der Waals surface area contributed by atoms with Crippen molar-refractivity contribution >= 4 is 11.6 Å². The van der Waals surface area contributed by atoms with Gasteiger partial charge in [0.05, 0.1) is 6.61 Å². The van der Waals surface area contributed by atoms with E-state index < -0.39 is 0 Å². The molecule has 0 aliphatic heterocycles. The molecule has 0 saturated heterocycles. The molecule has 0 amide bonds. The van der Waals surface area contributed by atoms with Gasteiger partial charge < -0.3 is 4.74 Å². The summed E-state index contributed by atoms with van der Waals surface area (Å²) in [6.45, 7) is 11.1. The summed E-state index contributed by atoms with van der Waals surface area (Å²) in [7, 11) is 0. The average molecular weight is 279 g/mol. The van der Waals surface area contributed by atoms with Crippen LogP contribution in [0.25, 0.3) is 0 Å². The van der Waals surface area contributed by atoms with Crippen LogP contribution >= 0.6 is 11.6 Å². The molecule has 2 heteroatoms. The maximum absolute atomic E-state index is 6.25. The number of hydrogen-bond acceptors (Lipinski definition) is 1. The molecule has 0 spiro atoms. The minimum atomic E-state index is 0.290. The van der Waals surface area contributed by atoms with Gasteiger partial charge in [-0.05, 0) is 43.0 Å². The molecule has 19 heavy (non-hydrogen) atoms. The van der Waals surface area contributed by atoms with Crippen molar-refractivity contribution in [2.45, 2.75) is 47.0 Å². The van der Waals surface area contributed by atoms with Crippen molar-refractivity contribution in [2.24, 2.45) is 5.92 Å². The highest BCUT2D eigenvalue weighted by Crippen LogP contribution is 2.35. The van der Waals surface area contributed by atoms with E-state index in [2.05, 4.69) is 32.6 Å². The zero-order chi connectivity index (χ0) is 14.4. The van der Waals surface area contributed by atoms with Crippen molar-refractivity contribution in [1.82, 2.24) is 0 Å². The topological polar surface area (TPSA) is 9.23 Å². The monoisotopic (exact) mass is 278 g/mol. The van der Waals surface area contributed by atoms with Crippen molar-refractivity contribution < 1.29 is 4.74 Å². The molecule has 0 bridgehead atoms. The summed E-state index contributed by atoms with van der Waals surface area (Å²) in [6, 6.07) is 4.05. The maximum atomic E-state index is 6.25. The predicted octanol–water partition coefficient (Wildman–Crippen LogP) is 5.20. The number of benzene rings is 1. The minimum Gasteiger partial charge on any atom is -0.494 e. The Morgan fingerprint density at radius 1 is 1.26 bits per heavy atom. The molecule has 1 aromatic rings. The Bertz CT molecular complexity index is 482. The SMILES string of the molecule is CCC#CC(C)C(C)c1cc(Cl)c(C)cc1OCC. The average Bonchev–Trinajstić information content (AvgIpc) is 2.39. The molecule has 104 valence electrons. The van der Waals surface area contributed by atoms with Gasteiger partial charge in [-0.2, -0.15) is 0 Å². The zero-order valence-corrected chi connectivity index (χ0v) is 13.3. The number of ether oxygens (including phenoxy) is 1. The van der Waals surface area contributed by atoms with E-state index in [4.69, 9.17) is 16.3 Å². The van der Waals surface area contributed by atoms with Crippen LogP contribution < -0.4 is 4.74 Å². The van der Waals surface area contributed by atoms with Crippen LogP contribution in [0.4, 0.5) is 0 Å². The molecule has 2 unspecified atom stereocenters. The van der Waals surface area contributed by atoms with Gasteiger partial charge in [0.25, 0.3) is 0 Å². The highest BCUT2D eigenvalue weighted by atomic mass is 35.5. The van der Waals surface area contributed by atoms with Gasteiger partial charge in [-0.15, -0.1) is 5.92 Å². The third-order valence-corrected chi connectivity index (χ3v) is 3.75. The molecule has 1 aromatic carbocycles. The van der Waals surface area contributed by atoms with Gasteiger partial charge in [-0.1, -0.05) is 38.3 Å². The first-order valence-electron chi connectivity index (χ1n) is 6.92. The fourth-order valence-corrected chi connectivity index (χ4v) is 2.14. The fraction of sp³-hybridized carbons (Fsp3) is 0.529. The van der Waals surface area contributed by atoms with Gasteiger partial charge in [0.1, 0.15) is 5.75 Å². The lowest BCUT2D eigenvalue weighted by Gasteiger charge is -2.20. The van der Waals surface area contributed by atoms with E-state index >= 15 is 0 Å². The van der Waals surface area contributed by atoms with Crippen molar-refractivity contribution in [1.29, 1.82) is 0 Å². The summed E-state index contributed by atoms with van der Waals surface area (Å²) in [5, 5.41) is 0.793. The smallest absolute Gasteiger partial charge is 0.123 e. The number of hydrogen-bond donors (Lipinski definition) is 0. The van der Waals surface area contributed by atoms with E-state index in [1.807, 2.05) is 26.0 Å². The van der Waals surface area contributed by atoms with Crippen LogP contribution in [0.5, 0.6) is 5.75 Å². The summed E-state index contributed by atoms with van der Waals surface area (Å²) in [5.41, 5.74) is 2.20. The minimum absolute atomic E-state index is 0.290. The highest BCUT2D eigenvalue weighted by Gasteiger charge is 2.18. The van der Waals surface area contributed by atoms with E-state index in [9.17, 15) is 0 Å². The molecule has 0 N–H and O–H groups in total. The largest absolute Gasteiger partial charge is 0.494 e. The fourth-order valence-electron chi connectivity index (χ4n) is 1.96. The van der Waals surface area contributed by atoms with Gasteiger partial charge in [-0.3, -0.25) is 0 Å². The number of rotatable bonds is 4. The Labute approximate surface area is 122 Å². The predicted molar refractivity (Wildman–Crippen MR) is 83.0 cm³/mol. The Kier molecular flexibility index (Phi) is 6.25. The molecule has 0 fully saturated rings. The van der Waals surface area contributed by atoms with Crippen LogP contribution in [-0.2, 0) is 0 Å². The quantitative estimate of drug-likeness (QED) is 0.688. The van der Waals surface area contributed by atoms with Gasteiger partial charge in [0, 0.05) is 17.4 Å². The molecule has 1 rings (SSSR count). The molecular formula is C17H23ClO. The lowest BCUT2D eigenvalue weighted by molar-refractivity contribution is 0.332. The Morgan fingerprint density at radius 2 is 1.95 bits per heavy atom. The van der Waals surface area contributed by atoms with Crippen LogP contribution in [0, 0.1) is 24.7 Å². The molecule has 2 atom stereocenters. The molecule has 0 heterocycles. The summed E-state index contributed by atoms with van der Waals surface area (Å²) in [4.78, 5) is 0. The lowest BCUT2D eigenvalue weighted by atomic mass is 9.88. The van der Waals surface area contributed by atoms with E-state index in [0.717, 1.165) is 28.3 Å². The van der Waals surface area contributed by atoms with Gasteiger partial charge in [0.2, 0.25) is 0 Å². The standard InChI is InChI=1S/C17H23ClO/c1-6-8-9-12(3)14(5)15-11-16(18)13(4)10-17(15)19-7-2/h10-12,14H,6-7H2,1-5H3. The van der Waals surface area contributed by atoms with Crippen molar-refractivity contribution in [3.05, 3.63) is 28.3 Å². The highest BCUT2D eigenvalue weighted by molar-refractivity contribution is 6.31. The van der Waals surface area contributed by atoms with Crippen molar-refractivity contribution in [3.63, 3.8) is 0 Å². The van der Waals surface area contributed by atoms with E-state index in [0.29, 0.717) is 12.5 Å². The van der Waals surface area contributed by atoms with E-state index in [1.54, 1.807) is 0 Å². The summed E-state index contributed by atoms with van der Waals surface area (Å²) in [5.74, 6) is 7.96. The first-order chi connectivity index (χ1) is 9.01. The Balaban J connectivity index is 3.13. The Hall–Kier alpha value is -1.13. The molecule has 1 nitrogen and oxygen atoms in total. The van der Waals surface area contributed by atoms with E-state index in [1.165, 1.54) is 0 Å². The maximum Gasteiger partial charge on any atom is 0.123 e. The Morgan fingerprint density at radius 3 is 2.53 bits per heavy atom. The first kappa shape index (κ1) is 15.9. The number of halogens is 1. The second-order valence-corrected chi connectivity index (χ2v) is 5.23. The van der Waals surface area contributed by atoms with Gasteiger partial charge in [-0.25, -0.2) is 0 Å². The number of aryl methyl sites for hydroxylation is 1. The summed E-state index contributed by atoms with van der Waals surface area (Å²) >= 11 is 6.25. The van der Waals surface area contributed by atoms with E-state index in [-0.39, 0.29) is 5.92 Å². The van der Waals surface area contributed by atoms with Gasteiger partial charge in [0.15, 0.2) is 0 Å².